The van der Waals surface area contributed by atoms with Gasteiger partial charge in [-0.25, -0.2) is 0 Å². The fraction of sp³-hybridized carbons (Fsp3) is 0.538. The molecule has 3 rings (SSSR count). The van der Waals surface area contributed by atoms with E-state index in [2.05, 4.69) is 38.0 Å². The van der Waals surface area contributed by atoms with Crippen molar-refractivity contribution < 1.29 is 4.42 Å². The molecular formula is C13H17BrN4OS. The van der Waals surface area contributed by atoms with Crippen LogP contribution in [0.15, 0.2) is 20.3 Å². The number of likely N-dealkylation sites (tertiary alicyclic amines) is 1. The highest BCUT2D eigenvalue weighted by Gasteiger charge is 2.29. The van der Waals surface area contributed by atoms with Gasteiger partial charge in [-0.1, -0.05) is 0 Å². The van der Waals surface area contributed by atoms with Gasteiger partial charge in [0.2, 0.25) is 5.89 Å². The molecule has 2 unspecified atom stereocenters. The topological polar surface area (TPSA) is 68.2 Å². The third-order valence-corrected chi connectivity index (χ3v) is 5.32. The van der Waals surface area contributed by atoms with Gasteiger partial charge in [0.05, 0.1) is 15.2 Å². The van der Waals surface area contributed by atoms with Crippen molar-refractivity contribution in [3.05, 3.63) is 21.8 Å². The van der Waals surface area contributed by atoms with Gasteiger partial charge in [-0.2, -0.15) is 0 Å². The summed E-state index contributed by atoms with van der Waals surface area (Å²) in [5, 5.41) is 8.28. The Bertz CT molecular complexity index is 584. The summed E-state index contributed by atoms with van der Waals surface area (Å²) >= 11 is 5.03. The molecule has 1 fully saturated rings. The van der Waals surface area contributed by atoms with Gasteiger partial charge < -0.3 is 10.2 Å². The molecule has 0 radical (unpaired) electrons. The van der Waals surface area contributed by atoms with E-state index in [0.717, 1.165) is 28.2 Å². The largest absolute Gasteiger partial charge is 0.419 e. The molecule has 0 bridgehead atoms. The van der Waals surface area contributed by atoms with Crippen LogP contribution < -0.4 is 5.73 Å². The molecule has 2 atom stereocenters. The van der Waals surface area contributed by atoms with Crippen LogP contribution in [0, 0.1) is 5.92 Å². The van der Waals surface area contributed by atoms with Gasteiger partial charge in [0, 0.05) is 12.6 Å². The third-order valence-electron chi connectivity index (χ3n) is 3.71. The zero-order valence-electron chi connectivity index (χ0n) is 11.3. The van der Waals surface area contributed by atoms with Crippen LogP contribution in [0.25, 0.3) is 10.8 Å². The second-order valence-corrected chi connectivity index (χ2v) is 7.68. The number of aromatic nitrogens is 2. The van der Waals surface area contributed by atoms with E-state index >= 15 is 0 Å². The highest BCUT2D eigenvalue weighted by molar-refractivity contribution is 9.11. The first-order chi connectivity index (χ1) is 9.65. The van der Waals surface area contributed by atoms with Crippen molar-refractivity contribution in [2.24, 2.45) is 11.7 Å². The van der Waals surface area contributed by atoms with Gasteiger partial charge in [-0.15, -0.1) is 21.5 Å². The first kappa shape index (κ1) is 14.2. The van der Waals surface area contributed by atoms with Gasteiger partial charge in [0.15, 0.2) is 0 Å². The van der Waals surface area contributed by atoms with Crippen LogP contribution in [0.3, 0.4) is 0 Å². The minimum atomic E-state index is 0.523. The van der Waals surface area contributed by atoms with Crippen LogP contribution in [0.1, 0.15) is 19.2 Å². The van der Waals surface area contributed by atoms with Crippen molar-refractivity contribution in [3.63, 3.8) is 0 Å². The lowest BCUT2D eigenvalue weighted by Crippen LogP contribution is -2.27. The van der Waals surface area contributed by atoms with E-state index in [-0.39, 0.29) is 0 Å². The Kier molecular flexibility index (Phi) is 4.21. The minimum absolute atomic E-state index is 0.523. The van der Waals surface area contributed by atoms with Crippen LogP contribution in [0.4, 0.5) is 0 Å². The molecule has 2 N–H and O–H groups in total. The number of nitrogens with zero attached hydrogens (tertiary/aromatic N) is 3. The summed E-state index contributed by atoms with van der Waals surface area (Å²) in [6.07, 6.45) is 1.15. The zero-order chi connectivity index (χ0) is 14.1. The first-order valence-electron chi connectivity index (χ1n) is 6.68. The number of hydrogen-bond donors (Lipinski definition) is 1. The molecule has 2 aromatic rings. The fourth-order valence-electron chi connectivity index (χ4n) is 2.63. The summed E-state index contributed by atoms with van der Waals surface area (Å²) in [7, 11) is 0. The number of halogens is 1. The summed E-state index contributed by atoms with van der Waals surface area (Å²) in [4.78, 5) is 3.35. The third kappa shape index (κ3) is 2.95. The lowest BCUT2D eigenvalue weighted by atomic mass is 10.1. The molecule has 3 heterocycles. The number of thiophene rings is 1. The van der Waals surface area contributed by atoms with Crippen molar-refractivity contribution in [2.45, 2.75) is 25.9 Å². The Morgan fingerprint density at radius 2 is 2.35 bits per heavy atom. The zero-order valence-corrected chi connectivity index (χ0v) is 13.7. The van der Waals surface area contributed by atoms with E-state index in [0.29, 0.717) is 30.3 Å². The van der Waals surface area contributed by atoms with Crippen molar-refractivity contribution >= 4 is 27.3 Å². The average Bonchev–Trinajstić information content (AvgIpc) is 3.12. The molecule has 1 aliphatic heterocycles. The Balaban J connectivity index is 1.69. The van der Waals surface area contributed by atoms with Crippen molar-refractivity contribution in [3.8, 4) is 10.8 Å². The second-order valence-electron chi connectivity index (χ2n) is 5.22. The number of nitrogens with two attached hydrogens (primary N) is 1. The highest BCUT2D eigenvalue weighted by atomic mass is 79.9. The van der Waals surface area contributed by atoms with Gasteiger partial charge in [0.25, 0.3) is 5.89 Å². The van der Waals surface area contributed by atoms with E-state index in [4.69, 9.17) is 10.2 Å². The summed E-state index contributed by atoms with van der Waals surface area (Å²) in [6, 6.07) is 4.49. The van der Waals surface area contributed by atoms with Gasteiger partial charge in [-0.3, -0.25) is 4.90 Å². The summed E-state index contributed by atoms with van der Waals surface area (Å²) < 4.78 is 6.82. The molecule has 7 heteroatoms. The Hall–Kier alpha value is -0.760. The standard InChI is InChI=1S/C13H17BrN4OS/c1-8-4-9(5-15)6-18(8)7-12-16-17-13(19-12)10-2-3-11(14)20-10/h2-3,8-9H,4-7,15H2,1H3. The fourth-order valence-corrected chi connectivity index (χ4v) is 3.94. The second kappa shape index (κ2) is 5.93. The van der Waals surface area contributed by atoms with Gasteiger partial charge >= 0.3 is 0 Å². The average molecular weight is 357 g/mol. The molecule has 5 nitrogen and oxygen atoms in total. The molecule has 0 aromatic carbocycles. The normalized spacial score (nSPS) is 23.6. The number of rotatable bonds is 4. The summed E-state index contributed by atoms with van der Waals surface area (Å²) in [5.41, 5.74) is 5.75. The molecule has 0 aliphatic carbocycles. The van der Waals surface area contributed by atoms with E-state index < -0.39 is 0 Å². The summed E-state index contributed by atoms with van der Waals surface area (Å²) in [5.74, 6) is 1.85. The van der Waals surface area contributed by atoms with Crippen LogP contribution in [-0.2, 0) is 6.54 Å². The lowest BCUT2D eigenvalue weighted by Gasteiger charge is -2.18. The first-order valence-corrected chi connectivity index (χ1v) is 8.29. The van der Waals surface area contributed by atoms with E-state index in [1.165, 1.54) is 0 Å². The molecule has 20 heavy (non-hydrogen) atoms. The molecule has 1 aliphatic rings. The molecule has 2 aromatic heterocycles. The van der Waals surface area contributed by atoms with Crippen LogP contribution >= 0.6 is 27.3 Å². The quantitative estimate of drug-likeness (QED) is 0.911. The van der Waals surface area contributed by atoms with Crippen molar-refractivity contribution in [1.82, 2.24) is 15.1 Å². The van der Waals surface area contributed by atoms with Gasteiger partial charge in [0.1, 0.15) is 0 Å². The van der Waals surface area contributed by atoms with Crippen LogP contribution in [0.2, 0.25) is 0 Å². The monoisotopic (exact) mass is 356 g/mol. The van der Waals surface area contributed by atoms with Crippen LogP contribution in [-0.4, -0.2) is 34.2 Å². The smallest absolute Gasteiger partial charge is 0.257 e. The Morgan fingerprint density at radius 1 is 1.50 bits per heavy atom. The van der Waals surface area contributed by atoms with Crippen molar-refractivity contribution in [1.29, 1.82) is 0 Å². The van der Waals surface area contributed by atoms with E-state index in [1.807, 2.05) is 12.1 Å². The van der Waals surface area contributed by atoms with Crippen LogP contribution in [0.5, 0.6) is 0 Å². The maximum absolute atomic E-state index is 5.76. The number of hydrogen-bond acceptors (Lipinski definition) is 6. The highest BCUT2D eigenvalue weighted by Crippen LogP contribution is 2.31. The minimum Gasteiger partial charge on any atom is -0.419 e. The molecule has 0 saturated carbocycles. The predicted octanol–water partition coefficient (Wildman–Crippen LogP) is 2.73. The lowest BCUT2D eigenvalue weighted by molar-refractivity contribution is 0.231. The molecular weight excluding hydrogens is 340 g/mol. The predicted molar refractivity (Wildman–Crippen MR) is 82.3 cm³/mol. The maximum atomic E-state index is 5.76. The van der Waals surface area contributed by atoms with Gasteiger partial charge in [-0.05, 0) is 53.9 Å². The molecule has 0 amide bonds. The van der Waals surface area contributed by atoms with E-state index in [9.17, 15) is 0 Å². The van der Waals surface area contributed by atoms with Crippen molar-refractivity contribution in [2.75, 3.05) is 13.1 Å². The SMILES string of the molecule is CC1CC(CN)CN1Cc1nnc(-c2ccc(Br)s2)o1. The maximum Gasteiger partial charge on any atom is 0.257 e. The molecule has 0 spiro atoms. The Morgan fingerprint density at radius 3 is 3.00 bits per heavy atom. The molecule has 108 valence electrons. The molecule has 1 saturated heterocycles. The van der Waals surface area contributed by atoms with E-state index in [1.54, 1.807) is 11.3 Å². The summed E-state index contributed by atoms with van der Waals surface area (Å²) in [6.45, 7) is 4.69. The Labute approximate surface area is 130 Å².